The normalized spacial score (nSPS) is 21.2. The summed E-state index contributed by atoms with van der Waals surface area (Å²) in [5.74, 6) is -0.145. The number of nitrogens with one attached hydrogen (secondary N) is 2. The Morgan fingerprint density at radius 3 is 2.58 bits per heavy atom. The molecule has 132 valence electrons. The molecule has 0 radical (unpaired) electrons. The minimum absolute atomic E-state index is 0. The Balaban J connectivity index is 0.00000208. The van der Waals surface area contributed by atoms with Gasteiger partial charge < -0.3 is 15.5 Å². The molecular formula is C17H25ClN4O2. The molecule has 24 heavy (non-hydrogen) atoms. The molecule has 2 fully saturated rings. The monoisotopic (exact) mass is 352 g/mol. The molecule has 2 aliphatic heterocycles. The summed E-state index contributed by atoms with van der Waals surface area (Å²) in [6.07, 6.45) is 1.03. The van der Waals surface area contributed by atoms with E-state index in [4.69, 9.17) is 0 Å². The molecule has 1 atom stereocenters. The fraction of sp³-hybridized carbons (Fsp3) is 0.529. The lowest BCUT2D eigenvalue weighted by Crippen LogP contribution is -2.49. The van der Waals surface area contributed by atoms with Crippen molar-refractivity contribution in [1.29, 1.82) is 0 Å². The maximum absolute atomic E-state index is 12.7. The van der Waals surface area contributed by atoms with Crippen LogP contribution in [-0.4, -0.2) is 74.0 Å². The average molecular weight is 353 g/mol. The van der Waals surface area contributed by atoms with E-state index in [1.165, 1.54) is 0 Å². The third-order valence-electron chi connectivity index (χ3n) is 4.72. The van der Waals surface area contributed by atoms with E-state index in [2.05, 4.69) is 15.5 Å². The highest BCUT2D eigenvalue weighted by Crippen LogP contribution is 2.19. The first-order valence-electron chi connectivity index (χ1n) is 8.25. The van der Waals surface area contributed by atoms with Crippen LogP contribution in [0, 0.1) is 0 Å². The summed E-state index contributed by atoms with van der Waals surface area (Å²) in [6.45, 7) is 5.73. The van der Waals surface area contributed by atoms with Gasteiger partial charge in [0.15, 0.2) is 0 Å². The van der Waals surface area contributed by atoms with Crippen molar-refractivity contribution in [2.45, 2.75) is 12.5 Å². The Hall–Kier alpha value is -1.63. The molecule has 0 bridgehead atoms. The smallest absolute Gasteiger partial charge is 0.253 e. The third-order valence-corrected chi connectivity index (χ3v) is 4.72. The lowest BCUT2D eigenvalue weighted by Gasteiger charge is -2.32. The van der Waals surface area contributed by atoms with Crippen molar-refractivity contribution in [2.24, 2.45) is 0 Å². The Bertz CT molecular complexity index is 590. The lowest BCUT2D eigenvalue weighted by molar-refractivity contribution is 0.0773. The van der Waals surface area contributed by atoms with Crippen LogP contribution >= 0.6 is 12.4 Å². The van der Waals surface area contributed by atoms with Crippen molar-refractivity contribution < 1.29 is 9.59 Å². The molecule has 2 heterocycles. The minimum atomic E-state index is -0.167. The number of nitrogens with zero attached hydrogens (tertiary/aromatic N) is 2. The van der Waals surface area contributed by atoms with E-state index in [1.807, 2.05) is 4.90 Å². The van der Waals surface area contributed by atoms with Crippen molar-refractivity contribution in [1.82, 2.24) is 20.4 Å². The van der Waals surface area contributed by atoms with Crippen molar-refractivity contribution in [3.05, 3.63) is 35.4 Å². The van der Waals surface area contributed by atoms with Gasteiger partial charge in [-0.2, -0.15) is 0 Å². The number of amides is 2. The van der Waals surface area contributed by atoms with Gasteiger partial charge in [-0.25, -0.2) is 0 Å². The second-order valence-corrected chi connectivity index (χ2v) is 6.14. The van der Waals surface area contributed by atoms with Crippen molar-refractivity contribution >= 4 is 24.2 Å². The van der Waals surface area contributed by atoms with E-state index in [-0.39, 0.29) is 24.2 Å². The minimum Gasteiger partial charge on any atom is -0.355 e. The fourth-order valence-electron chi connectivity index (χ4n) is 3.39. The van der Waals surface area contributed by atoms with Gasteiger partial charge in [-0.1, -0.05) is 6.07 Å². The van der Waals surface area contributed by atoms with E-state index < -0.39 is 0 Å². The van der Waals surface area contributed by atoms with Gasteiger partial charge >= 0.3 is 0 Å². The van der Waals surface area contributed by atoms with Crippen LogP contribution in [0.25, 0.3) is 0 Å². The standard InChI is InChI=1S/C17H24N4O2.ClH/c1-18-16(22)13-3-2-4-14(11-13)17(23)21-8-5-15(12-21)20-9-6-19-7-10-20;/h2-4,11,15,19H,5-10,12H2,1H3,(H,18,22);1H. The van der Waals surface area contributed by atoms with Crippen LogP contribution in [0.4, 0.5) is 0 Å². The first kappa shape index (κ1) is 18.7. The zero-order chi connectivity index (χ0) is 16.2. The van der Waals surface area contributed by atoms with Gasteiger partial charge in [0, 0.05) is 63.5 Å². The van der Waals surface area contributed by atoms with Gasteiger partial charge in [0.1, 0.15) is 0 Å². The summed E-state index contributed by atoms with van der Waals surface area (Å²) in [6, 6.07) is 7.42. The van der Waals surface area contributed by atoms with Gasteiger partial charge in [-0.3, -0.25) is 14.5 Å². The molecule has 2 saturated heterocycles. The molecule has 7 heteroatoms. The third kappa shape index (κ3) is 4.06. The molecule has 2 N–H and O–H groups in total. The zero-order valence-corrected chi connectivity index (χ0v) is 14.8. The number of hydrogen-bond acceptors (Lipinski definition) is 4. The second-order valence-electron chi connectivity index (χ2n) is 6.14. The van der Waals surface area contributed by atoms with E-state index in [1.54, 1.807) is 31.3 Å². The van der Waals surface area contributed by atoms with Gasteiger partial charge in [-0.05, 0) is 24.6 Å². The Morgan fingerprint density at radius 1 is 1.17 bits per heavy atom. The van der Waals surface area contributed by atoms with Gasteiger partial charge in [0.05, 0.1) is 0 Å². The fourth-order valence-corrected chi connectivity index (χ4v) is 3.39. The number of halogens is 1. The van der Waals surface area contributed by atoms with Gasteiger partial charge in [0.25, 0.3) is 11.8 Å². The predicted octanol–water partition coefficient (Wildman–Crippen LogP) is 0.588. The summed E-state index contributed by atoms with van der Waals surface area (Å²) in [5.41, 5.74) is 1.11. The average Bonchev–Trinajstić information content (AvgIpc) is 3.11. The quantitative estimate of drug-likeness (QED) is 0.835. The van der Waals surface area contributed by atoms with Crippen LogP contribution < -0.4 is 10.6 Å². The topological polar surface area (TPSA) is 64.7 Å². The van der Waals surface area contributed by atoms with Crippen LogP contribution in [0.5, 0.6) is 0 Å². The molecule has 0 spiro atoms. The Morgan fingerprint density at radius 2 is 1.88 bits per heavy atom. The summed E-state index contributed by atoms with van der Waals surface area (Å²) < 4.78 is 0. The largest absolute Gasteiger partial charge is 0.355 e. The highest BCUT2D eigenvalue weighted by Gasteiger charge is 2.31. The Labute approximate surface area is 149 Å². The second kappa shape index (κ2) is 8.46. The van der Waals surface area contributed by atoms with Crippen LogP contribution in [0.15, 0.2) is 24.3 Å². The highest BCUT2D eigenvalue weighted by atomic mass is 35.5. The molecule has 2 aliphatic rings. The first-order chi connectivity index (χ1) is 11.2. The van der Waals surface area contributed by atoms with Gasteiger partial charge in [0.2, 0.25) is 0 Å². The van der Waals surface area contributed by atoms with Crippen molar-refractivity contribution in [2.75, 3.05) is 46.3 Å². The van der Waals surface area contributed by atoms with Crippen LogP contribution in [0.3, 0.4) is 0 Å². The van der Waals surface area contributed by atoms with Gasteiger partial charge in [-0.15, -0.1) is 12.4 Å². The number of carbonyl (C=O) groups excluding carboxylic acids is 2. The zero-order valence-electron chi connectivity index (χ0n) is 14.0. The van der Waals surface area contributed by atoms with E-state index in [9.17, 15) is 9.59 Å². The van der Waals surface area contributed by atoms with Crippen molar-refractivity contribution in [3.63, 3.8) is 0 Å². The number of likely N-dealkylation sites (tertiary alicyclic amines) is 1. The number of piperazine rings is 1. The number of benzene rings is 1. The SMILES string of the molecule is CNC(=O)c1cccc(C(=O)N2CCC(N3CCNCC3)C2)c1.Cl. The summed E-state index contributed by atoms with van der Waals surface area (Å²) in [5, 5.41) is 5.95. The molecule has 2 amide bonds. The molecule has 0 aromatic heterocycles. The molecular weight excluding hydrogens is 328 g/mol. The number of rotatable bonds is 3. The predicted molar refractivity (Wildman–Crippen MR) is 95.8 cm³/mol. The van der Waals surface area contributed by atoms with E-state index in [0.717, 1.165) is 45.7 Å². The number of carbonyl (C=O) groups is 2. The summed E-state index contributed by atoms with van der Waals surface area (Å²) >= 11 is 0. The summed E-state index contributed by atoms with van der Waals surface area (Å²) in [7, 11) is 1.59. The molecule has 3 rings (SSSR count). The molecule has 6 nitrogen and oxygen atoms in total. The van der Waals surface area contributed by atoms with Crippen molar-refractivity contribution in [3.8, 4) is 0 Å². The van der Waals surface area contributed by atoms with Crippen LogP contribution in [0.2, 0.25) is 0 Å². The molecule has 1 aromatic carbocycles. The molecule has 0 saturated carbocycles. The highest BCUT2D eigenvalue weighted by molar-refractivity contribution is 5.99. The number of hydrogen-bond donors (Lipinski definition) is 2. The Kier molecular flexibility index (Phi) is 6.60. The van der Waals surface area contributed by atoms with Crippen LogP contribution in [0.1, 0.15) is 27.1 Å². The van der Waals surface area contributed by atoms with Crippen LogP contribution in [-0.2, 0) is 0 Å². The maximum Gasteiger partial charge on any atom is 0.253 e. The summed E-state index contributed by atoms with van der Waals surface area (Å²) in [4.78, 5) is 28.8. The lowest BCUT2D eigenvalue weighted by atomic mass is 10.1. The molecule has 1 aromatic rings. The van der Waals surface area contributed by atoms with E-state index >= 15 is 0 Å². The van der Waals surface area contributed by atoms with E-state index in [0.29, 0.717) is 17.2 Å². The maximum atomic E-state index is 12.7. The first-order valence-corrected chi connectivity index (χ1v) is 8.25. The molecule has 1 unspecified atom stereocenters. The molecule has 0 aliphatic carbocycles.